The summed E-state index contributed by atoms with van der Waals surface area (Å²) >= 11 is 0. The van der Waals surface area contributed by atoms with Crippen molar-refractivity contribution in [3.8, 4) is 0 Å². The van der Waals surface area contributed by atoms with Crippen molar-refractivity contribution in [3.63, 3.8) is 0 Å². The van der Waals surface area contributed by atoms with Gasteiger partial charge in [0.2, 0.25) is 5.91 Å². The highest BCUT2D eigenvalue weighted by molar-refractivity contribution is 5.84. The van der Waals surface area contributed by atoms with Gasteiger partial charge in [0.05, 0.1) is 5.41 Å². The van der Waals surface area contributed by atoms with Gasteiger partial charge in [0.1, 0.15) is 0 Å². The maximum Gasteiger partial charge on any atom is 0.310 e. The van der Waals surface area contributed by atoms with Gasteiger partial charge in [-0.05, 0) is 38.6 Å². The zero-order valence-electron chi connectivity index (χ0n) is 12.0. The Morgan fingerprint density at radius 1 is 1.21 bits per heavy atom. The van der Waals surface area contributed by atoms with E-state index >= 15 is 0 Å². The van der Waals surface area contributed by atoms with Crippen molar-refractivity contribution < 1.29 is 14.7 Å². The fourth-order valence-electron chi connectivity index (χ4n) is 2.16. The van der Waals surface area contributed by atoms with Gasteiger partial charge in [-0.15, -0.1) is 0 Å². The van der Waals surface area contributed by atoms with Crippen molar-refractivity contribution in [2.45, 2.75) is 58.4 Å². The molecule has 0 unspecified atom stereocenters. The molecule has 5 heteroatoms. The Hall–Kier alpha value is -1.10. The van der Waals surface area contributed by atoms with E-state index in [0.29, 0.717) is 25.4 Å². The summed E-state index contributed by atoms with van der Waals surface area (Å²) in [5.41, 5.74) is -0.906. The Bertz CT molecular complexity index is 310. The highest BCUT2D eigenvalue weighted by atomic mass is 16.4. The molecule has 0 aromatic carbocycles. The van der Waals surface area contributed by atoms with Crippen molar-refractivity contribution in [2.24, 2.45) is 5.41 Å². The maximum absolute atomic E-state index is 11.8. The van der Waals surface area contributed by atoms with E-state index in [4.69, 9.17) is 0 Å². The zero-order chi connectivity index (χ0) is 14.3. The monoisotopic (exact) mass is 270 g/mol. The maximum atomic E-state index is 11.8. The van der Waals surface area contributed by atoms with E-state index in [1.54, 1.807) is 0 Å². The molecule has 110 valence electrons. The fourth-order valence-corrected chi connectivity index (χ4v) is 2.16. The second-order valence-corrected chi connectivity index (χ2v) is 5.40. The lowest BCUT2D eigenvalue weighted by molar-refractivity contribution is -0.152. The summed E-state index contributed by atoms with van der Waals surface area (Å²) < 4.78 is 0. The molecule has 1 saturated carbocycles. The number of amides is 1. The molecule has 3 N–H and O–H groups in total. The Morgan fingerprint density at radius 2 is 1.84 bits per heavy atom. The SMILES string of the molecule is CCC(CC)(CC(=O)NCCCNC1CC1)C(=O)O. The first-order chi connectivity index (χ1) is 9.04. The van der Waals surface area contributed by atoms with E-state index in [9.17, 15) is 14.7 Å². The van der Waals surface area contributed by atoms with E-state index < -0.39 is 11.4 Å². The van der Waals surface area contributed by atoms with Gasteiger partial charge in [-0.2, -0.15) is 0 Å². The number of carbonyl (C=O) groups is 2. The number of hydrogen-bond donors (Lipinski definition) is 3. The van der Waals surface area contributed by atoms with Gasteiger partial charge in [-0.3, -0.25) is 9.59 Å². The number of hydrogen-bond acceptors (Lipinski definition) is 3. The fraction of sp³-hybridized carbons (Fsp3) is 0.857. The number of carbonyl (C=O) groups excluding carboxylic acids is 1. The zero-order valence-corrected chi connectivity index (χ0v) is 12.0. The lowest BCUT2D eigenvalue weighted by Crippen LogP contribution is -2.37. The molecule has 0 radical (unpaired) electrons. The summed E-state index contributed by atoms with van der Waals surface area (Å²) in [6, 6.07) is 0.690. The van der Waals surface area contributed by atoms with Gasteiger partial charge in [-0.25, -0.2) is 0 Å². The minimum absolute atomic E-state index is 0.0748. The smallest absolute Gasteiger partial charge is 0.310 e. The molecule has 0 atom stereocenters. The van der Waals surface area contributed by atoms with Crippen LogP contribution < -0.4 is 10.6 Å². The predicted octanol–water partition coefficient (Wildman–Crippen LogP) is 1.53. The lowest BCUT2D eigenvalue weighted by atomic mass is 9.79. The molecule has 5 nitrogen and oxygen atoms in total. The van der Waals surface area contributed by atoms with E-state index in [-0.39, 0.29) is 12.3 Å². The Labute approximate surface area is 115 Å². The quantitative estimate of drug-likeness (QED) is 0.526. The molecule has 0 aliphatic heterocycles. The van der Waals surface area contributed by atoms with Crippen LogP contribution in [0.25, 0.3) is 0 Å². The Kier molecular flexibility index (Phi) is 6.28. The van der Waals surface area contributed by atoms with Gasteiger partial charge < -0.3 is 15.7 Å². The van der Waals surface area contributed by atoms with Gasteiger partial charge >= 0.3 is 5.97 Å². The van der Waals surface area contributed by atoms with Crippen LogP contribution in [0.5, 0.6) is 0 Å². The molecule has 0 spiro atoms. The third-order valence-electron chi connectivity index (χ3n) is 3.99. The summed E-state index contributed by atoms with van der Waals surface area (Å²) in [5, 5.41) is 15.4. The molecular weight excluding hydrogens is 244 g/mol. The van der Waals surface area contributed by atoms with Crippen LogP contribution in [0.2, 0.25) is 0 Å². The number of nitrogens with one attached hydrogen (secondary N) is 2. The van der Waals surface area contributed by atoms with Crippen LogP contribution in [0.15, 0.2) is 0 Å². The lowest BCUT2D eigenvalue weighted by Gasteiger charge is -2.25. The van der Waals surface area contributed by atoms with Crippen LogP contribution in [0.1, 0.15) is 52.4 Å². The van der Waals surface area contributed by atoms with Crippen LogP contribution in [0, 0.1) is 5.41 Å². The highest BCUT2D eigenvalue weighted by Gasteiger charge is 2.36. The molecule has 0 heterocycles. The molecule has 1 amide bonds. The van der Waals surface area contributed by atoms with E-state index in [1.165, 1.54) is 12.8 Å². The van der Waals surface area contributed by atoms with E-state index in [2.05, 4.69) is 10.6 Å². The number of aliphatic carboxylic acids is 1. The summed E-state index contributed by atoms with van der Waals surface area (Å²) in [5.74, 6) is -1.03. The van der Waals surface area contributed by atoms with Crippen LogP contribution in [0.3, 0.4) is 0 Å². The van der Waals surface area contributed by atoms with Crippen molar-refractivity contribution in [3.05, 3.63) is 0 Å². The molecule has 1 rings (SSSR count). The Morgan fingerprint density at radius 3 is 2.32 bits per heavy atom. The average Bonchev–Trinajstić information content (AvgIpc) is 3.19. The normalized spacial score (nSPS) is 15.3. The Balaban J connectivity index is 2.21. The molecule has 1 aliphatic rings. The third kappa shape index (κ3) is 5.19. The van der Waals surface area contributed by atoms with Crippen LogP contribution in [0.4, 0.5) is 0 Å². The van der Waals surface area contributed by atoms with Crippen molar-refractivity contribution >= 4 is 11.9 Å². The summed E-state index contributed by atoms with van der Waals surface area (Å²) in [6.45, 7) is 5.17. The van der Waals surface area contributed by atoms with Gasteiger partial charge in [0.15, 0.2) is 0 Å². The minimum Gasteiger partial charge on any atom is -0.481 e. The molecule has 0 saturated heterocycles. The average molecular weight is 270 g/mol. The third-order valence-corrected chi connectivity index (χ3v) is 3.99. The first-order valence-electron chi connectivity index (χ1n) is 7.27. The van der Waals surface area contributed by atoms with Crippen molar-refractivity contribution in [2.75, 3.05) is 13.1 Å². The largest absolute Gasteiger partial charge is 0.481 e. The van der Waals surface area contributed by atoms with Crippen LogP contribution in [-0.4, -0.2) is 36.1 Å². The number of carboxylic acid groups (broad SMARTS) is 1. The van der Waals surface area contributed by atoms with Gasteiger partial charge in [-0.1, -0.05) is 13.8 Å². The first-order valence-corrected chi connectivity index (χ1v) is 7.27. The summed E-state index contributed by atoms with van der Waals surface area (Å²) in [7, 11) is 0. The standard InChI is InChI=1S/C14H26N2O3/c1-3-14(4-2,13(18)19)10-12(17)16-9-5-8-15-11-6-7-11/h11,15H,3-10H2,1-2H3,(H,16,17)(H,18,19). The molecule has 1 aliphatic carbocycles. The topological polar surface area (TPSA) is 78.4 Å². The van der Waals surface area contributed by atoms with Gasteiger partial charge in [0, 0.05) is 19.0 Å². The molecule has 0 aromatic heterocycles. The molecular formula is C14H26N2O3. The molecule has 1 fully saturated rings. The number of carboxylic acids is 1. The summed E-state index contributed by atoms with van der Waals surface area (Å²) in [4.78, 5) is 23.1. The van der Waals surface area contributed by atoms with Crippen LogP contribution in [-0.2, 0) is 9.59 Å². The van der Waals surface area contributed by atoms with E-state index in [1.807, 2.05) is 13.8 Å². The predicted molar refractivity (Wildman–Crippen MR) is 73.9 cm³/mol. The van der Waals surface area contributed by atoms with Gasteiger partial charge in [0.25, 0.3) is 0 Å². The second-order valence-electron chi connectivity index (χ2n) is 5.40. The van der Waals surface area contributed by atoms with E-state index in [0.717, 1.165) is 13.0 Å². The number of rotatable bonds is 10. The highest BCUT2D eigenvalue weighted by Crippen LogP contribution is 2.30. The summed E-state index contributed by atoms with van der Waals surface area (Å²) in [6.07, 6.45) is 4.46. The molecule has 0 aromatic rings. The van der Waals surface area contributed by atoms with Crippen LogP contribution >= 0.6 is 0 Å². The minimum atomic E-state index is -0.906. The molecule has 19 heavy (non-hydrogen) atoms. The molecule has 0 bridgehead atoms. The van der Waals surface area contributed by atoms with Crippen molar-refractivity contribution in [1.82, 2.24) is 10.6 Å². The van der Waals surface area contributed by atoms with Crippen molar-refractivity contribution in [1.29, 1.82) is 0 Å². The second kappa shape index (κ2) is 7.48. The first kappa shape index (κ1) is 16.0.